The molecule has 1 fully saturated rings. The van der Waals surface area contributed by atoms with E-state index in [1.165, 1.54) is 18.2 Å². The molecule has 0 saturated carbocycles. The molecule has 0 radical (unpaired) electrons. The molecule has 0 bridgehead atoms. The third kappa shape index (κ3) is 4.96. The molecule has 1 saturated heterocycles. The molecule has 2 aromatic carbocycles. The number of benzene rings is 2. The predicted octanol–water partition coefficient (Wildman–Crippen LogP) is 3.40. The minimum atomic E-state index is -0.366. The zero-order valence-corrected chi connectivity index (χ0v) is 15.9. The van der Waals surface area contributed by atoms with E-state index in [0.29, 0.717) is 36.8 Å². The Kier molecular flexibility index (Phi) is 6.29. The van der Waals surface area contributed by atoms with Gasteiger partial charge in [-0.05, 0) is 43.4 Å². The maximum atomic E-state index is 13.9. The van der Waals surface area contributed by atoms with Crippen molar-refractivity contribution >= 4 is 23.2 Å². The van der Waals surface area contributed by atoms with Crippen LogP contribution in [-0.2, 0) is 11.3 Å². The second-order valence-corrected chi connectivity index (χ2v) is 7.12. The van der Waals surface area contributed by atoms with E-state index in [1.807, 2.05) is 0 Å². The second kappa shape index (κ2) is 8.67. The molecule has 0 atom stereocenters. The Balaban J connectivity index is 1.51. The molecule has 0 aromatic heterocycles. The maximum absolute atomic E-state index is 13.9. The van der Waals surface area contributed by atoms with Gasteiger partial charge in [-0.25, -0.2) is 8.78 Å². The monoisotopic (exact) mass is 393 g/mol. The van der Waals surface area contributed by atoms with Gasteiger partial charge < -0.3 is 9.80 Å². The first kappa shape index (κ1) is 19.6. The van der Waals surface area contributed by atoms with Crippen molar-refractivity contribution in [3.05, 3.63) is 64.7 Å². The van der Waals surface area contributed by atoms with Gasteiger partial charge in [-0.3, -0.25) is 9.69 Å². The summed E-state index contributed by atoms with van der Waals surface area (Å²) in [5, 5.41) is 0.363. The van der Waals surface area contributed by atoms with Crippen molar-refractivity contribution in [2.24, 2.45) is 0 Å². The lowest BCUT2D eigenvalue weighted by atomic mass is 10.2. The summed E-state index contributed by atoms with van der Waals surface area (Å²) < 4.78 is 26.9. The Hall–Kier alpha value is -2.18. The molecule has 1 amide bonds. The molecule has 4 nitrogen and oxygen atoms in total. The third-order valence-electron chi connectivity index (χ3n) is 4.72. The minimum Gasteiger partial charge on any atom is -0.368 e. The molecule has 0 N–H and O–H groups in total. The number of amides is 1. The summed E-state index contributed by atoms with van der Waals surface area (Å²) >= 11 is 6.05. The average molecular weight is 394 g/mol. The minimum absolute atomic E-state index is 0.00344. The molecule has 0 unspecified atom stereocenters. The van der Waals surface area contributed by atoms with Crippen LogP contribution in [-0.4, -0.2) is 55.5 Å². The van der Waals surface area contributed by atoms with E-state index in [4.69, 9.17) is 11.6 Å². The molecular weight excluding hydrogens is 372 g/mol. The van der Waals surface area contributed by atoms with Crippen LogP contribution in [0.1, 0.15) is 5.56 Å². The van der Waals surface area contributed by atoms with E-state index in [-0.39, 0.29) is 30.6 Å². The zero-order valence-electron chi connectivity index (χ0n) is 15.2. The predicted molar refractivity (Wildman–Crippen MR) is 103 cm³/mol. The largest absolute Gasteiger partial charge is 0.368 e. The van der Waals surface area contributed by atoms with Gasteiger partial charge in [0.2, 0.25) is 5.91 Å². The fourth-order valence-corrected chi connectivity index (χ4v) is 3.43. The Morgan fingerprint density at radius 1 is 1.07 bits per heavy atom. The van der Waals surface area contributed by atoms with Gasteiger partial charge in [-0.2, -0.15) is 0 Å². The van der Waals surface area contributed by atoms with Gasteiger partial charge in [0.25, 0.3) is 0 Å². The van der Waals surface area contributed by atoms with Crippen LogP contribution in [0.15, 0.2) is 42.5 Å². The van der Waals surface area contributed by atoms with Crippen molar-refractivity contribution in [3.63, 3.8) is 0 Å². The standard InChI is InChI=1S/C20H22ClF2N3O/c1-24(13-17-18(21)3-2-4-19(17)23)14-20(27)26-11-9-25(10-12-26)16-7-5-15(22)6-8-16/h2-8H,9-14H2,1H3. The second-order valence-electron chi connectivity index (χ2n) is 6.72. The highest BCUT2D eigenvalue weighted by Crippen LogP contribution is 2.21. The summed E-state index contributed by atoms with van der Waals surface area (Å²) in [6, 6.07) is 10.9. The smallest absolute Gasteiger partial charge is 0.236 e. The molecule has 0 spiro atoms. The lowest BCUT2D eigenvalue weighted by molar-refractivity contribution is -0.132. The van der Waals surface area contributed by atoms with Gasteiger partial charge in [0, 0.05) is 49.0 Å². The number of nitrogens with zero attached hydrogens (tertiary/aromatic N) is 3. The van der Waals surface area contributed by atoms with Crippen molar-refractivity contribution in [1.29, 1.82) is 0 Å². The number of rotatable bonds is 5. The van der Waals surface area contributed by atoms with Gasteiger partial charge >= 0.3 is 0 Å². The molecule has 144 valence electrons. The summed E-state index contributed by atoms with van der Waals surface area (Å²) in [4.78, 5) is 18.2. The van der Waals surface area contributed by atoms with E-state index in [0.717, 1.165) is 5.69 Å². The highest BCUT2D eigenvalue weighted by atomic mass is 35.5. The van der Waals surface area contributed by atoms with E-state index in [9.17, 15) is 13.6 Å². The number of piperazine rings is 1. The van der Waals surface area contributed by atoms with E-state index >= 15 is 0 Å². The number of hydrogen-bond donors (Lipinski definition) is 0. The molecule has 27 heavy (non-hydrogen) atoms. The number of carbonyl (C=O) groups is 1. The first-order valence-corrected chi connectivity index (χ1v) is 9.21. The summed E-state index contributed by atoms with van der Waals surface area (Å²) in [5.41, 5.74) is 1.35. The molecule has 1 aliphatic heterocycles. The summed E-state index contributed by atoms with van der Waals surface area (Å²) in [6.07, 6.45) is 0. The lowest BCUT2D eigenvalue weighted by Gasteiger charge is -2.36. The highest BCUT2D eigenvalue weighted by molar-refractivity contribution is 6.31. The number of likely N-dealkylation sites (N-methyl/N-ethyl adjacent to an activating group) is 1. The van der Waals surface area contributed by atoms with Gasteiger partial charge in [-0.15, -0.1) is 0 Å². The molecular formula is C20H22ClF2N3O. The lowest BCUT2D eigenvalue weighted by Crippen LogP contribution is -2.51. The fourth-order valence-electron chi connectivity index (χ4n) is 3.21. The molecule has 7 heteroatoms. The Morgan fingerprint density at radius 3 is 2.37 bits per heavy atom. The van der Waals surface area contributed by atoms with Crippen molar-refractivity contribution in [1.82, 2.24) is 9.80 Å². The fraction of sp³-hybridized carbons (Fsp3) is 0.350. The molecule has 2 aromatic rings. The van der Waals surface area contributed by atoms with Crippen LogP contribution in [0.4, 0.5) is 14.5 Å². The van der Waals surface area contributed by atoms with Crippen LogP contribution in [0.5, 0.6) is 0 Å². The maximum Gasteiger partial charge on any atom is 0.236 e. The Morgan fingerprint density at radius 2 is 1.74 bits per heavy atom. The molecule has 1 aliphatic rings. The Labute approximate surface area is 162 Å². The number of hydrogen-bond acceptors (Lipinski definition) is 3. The summed E-state index contributed by atoms with van der Waals surface area (Å²) in [5.74, 6) is -0.621. The van der Waals surface area contributed by atoms with Crippen LogP contribution >= 0.6 is 11.6 Å². The van der Waals surface area contributed by atoms with E-state index in [2.05, 4.69) is 4.90 Å². The van der Waals surface area contributed by atoms with Gasteiger partial charge in [0.05, 0.1) is 6.54 Å². The quantitative estimate of drug-likeness (QED) is 0.779. The topological polar surface area (TPSA) is 26.8 Å². The Bertz CT molecular complexity index is 772. The molecule has 1 heterocycles. The number of anilines is 1. The molecule has 0 aliphatic carbocycles. The highest BCUT2D eigenvalue weighted by Gasteiger charge is 2.22. The van der Waals surface area contributed by atoms with Gasteiger partial charge in [0.15, 0.2) is 0 Å². The van der Waals surface area contributed by atoms with Crippen LogP contribution in [0.3, 0.4) is 0 Å². The van der Waals surface area contributed by atoms with Gasteiger partial charge in [-0.1, -0.05) is 17.7 Å². The third-order valence-corrected chi connectivity index (χ3v) is 5.07. The number of carbonyl (C=O) groups excluding carboxylic acids is 1. The van der Waals surface area contributed by atoms with E-state index < -0.39 is 0 Å². The van der Waals surface area contributed by atoms with Crippen LogP contribution in [0, 0.1) is 11.6 Å². The van der Waals surface area contributed by atoms with Crippen molar-refractivity contribution in [3.8, 4) is 0 Å². The van der Waals surface area contributed by atoms with Crippen molar-refractivity contribution in [2.45, 2.75) is 6.54 Å². The average Bonchev–Trinajstić information content (AvgIpc) is 2.65. The van der Waals surface area contributed by atoms with Crippen LogP contribution in [0.25, 0.3) is 0 Å². The first-order valence-electron chi connectivity index (χ1n) is 8.84. The number of halogens is 3. The summed E-state index contributed by atoms with van der Waals surface area (Å²) in [6.45, 7) is 3.06. The van der Waals surface area contributed by atoms with Crippen LogP contribution in [0.2, 0.25) is 5.02 Å². The summed E-state index contributed by atoms with van der Waals surface area (Å²) in [7, 11) is 1.77. The SMILES string of the molecule is CN(CC(=O)N1CCN(c2ccc(F)cc2)CC1)Cc1c(F)cccc1Cl. The van der Waals surface area contributed by atoms with Crippen molar-refractivity contribution in [2.75, 3.05) is 44.7 Å². The molecule has 3 rings (SSSR count). The normalized spacial score (nSPS) is 14.7. The van der Waals surface area contributed by atoms with E-state index in [1.54, 1.807) is 41.1 Å². The van der Waals surface area contributed by atoms with Crippen molar-refractivity contribution < 1.29 is 13.6 Å². The zero-order chi connectivity index (χ0) is 19.4. The van der Waals surface area contributed by atoms with Crippen LogP contribution < -0.4 is 4.90 Å². The first-order chi connectivity index (χ1) is 12.9. The van der Waals surface area contributed by atoms with Gasteiger partial charge in [0.1, 0.15) is 11.6 Å².